The summed E-state index contributed by atoms with van der Waals surface area (Å²) in [6.45, 7) is 0. The van der Waals surface area contributed by atoms with E-state index in [1.54, 1.807) is 17.4 Å². The molecule has 0 unspecified atom stereocenters. The first-order valence-electron chi connectivity index (χ1n) is 5.17. The monoisotopic (exact) mass is 339 g/mol. The molecule has 0 bridgehead atoms. The van der Waals surface area contributed by atoms with Crippen molar-refractivity contribution in [2.45, 2.75) is 0 Å². The van der Waals surface area contributed by atoms with Crippen LogP contribution in [0.1, 0.15) is 0 Å². The summed E-state index contributed by atoms with van der Waals surface area (Å²) in [7, 11) is 0. The lowest BCUT2D eigenvalue weighted by atomic mass is 10.3. The topological polar surface area (TPSA) is 37.8 Å². The molecular formula is C12H7BrClN3S. The number of fused-ring (bicyclic) bond motifs is 1. The van der Waals surface area contributed by atoms with Gasteiger partial charge in [0.15, 0.2) is 5.13 Å². The van der Waals surface area contributed by atoms with E-state index in [1.807, 2.05) is 30.3 Å². The molecule has 0 spiro atoms. The zero-order chi connectivity index (χ0) is 12.5. The van der Waals surface area contributed by atoms with Crippen LogP contribution in [0.25, 0.3) is 10.2 Å². The number of aromatic nitrogens is 2. The van der Waals surface area contributed by atoms with Gasteiger partial charge in [-0.3, -0.25) is 0 Å². The maximum atomic E-state index is 5.84. The fraction of sp³-hybridized carbons (Fsp3) is 0. The van der Waals surface area contributed by atoms with Crippen LogP contribution in [0.4, 0.5) is 10.9 Å². The smallest absolute Gasteiger partial charge is 0.189 e. The Bertz CT molecular complexity index is 713. The fourth-order valence-electron chi connectivity index (χ4n) is 1.56. The molecule has 0 fully saturated rings. The van der Waals surface area contributed by atoms with Crippen molar-refractivity contribution in [2.24, 2.45) is 0 Å². The number of rotatable bonds is 2. The van der Waals surface area contributed by atoms with E-state index in [2.05, 4.69) is 31.2 Å². The summed E-state index contributed by atoms with van der Waals surface area (Å²) in [5.41, 5.74) is 0.951. The summed E-state index contributed by atoms with van der Waals surface area (Å²) in [5, 5.41) is 4.41. The number of anilines is 2. The maximum absolute atomic E-state index is 5.84. The summed E-state index contributed by atoms with van der Waals surface area (Å²) >= 11 is 10.9. The number of nitrogens with zero attached hydrogens (tertiary/aromatic N) is 2. The molecule has 0 aliphatic rings. The molecule has 3 rings (SSSR count). The van der Waals surface area contributed by atoms with Crippen LogP contribution >= 0.6 is 38.9 Å². The number of halogens is 2. The number of thiazole rings is 1. The van der Waals surface area contributed by atoms with Gasteiger partial charge >= 0.3 is 0 Å². The largest absolute Gasteiger partial charge is 0.316 e. The summed E-state index contributed by atoms with van der Waals surface area (Å²) < 4.78 is 2.11. The molecule has 1 aromatic carbocycles. The van der Waals surface area contributed by atoms with E-state index in [9.17, 15) is 0 Å². The highest BCUT2D eigenvalue weighted by Gasteiger charge is 2.07. The van der Waals surface area contributed by atoms with Gasteiger partial charge in [-0.05, 0) is 40.2 Å². The normalized spacial score (nSPS) is 10.8. The third-order valence-corrected chi connectivity index (χ3v) is 4.11. The summed E-state index contributed by atoms with van der Waals surface area (Å²) in [6.07, 6.45) is 0. The highest BCUT2D eigenvalue weighted by atomic mass is 79.9. The molecule has 3 nitrogen and oxygen atoms in total. The van der Waals surface area contributed by atoms with Crippen molar-refractivity contribution < 1.29 is 0 Å². The van der Waals surface area contributed by atoms with Crippen molar-refractivity contribution in [3.8, 4) is 0 Å². The van der Waals surface area contributed by atoms with Crippen LogP contribution in [0.15, 0.2) is 40.9 Å². The Morgan fingerprint density at radius 1 is 1.11 bits per heavy atom. The number of nitrogens with one attached hydrogen (secondary N) is 1. The van der Waals surface area contributed by atoms with Crippen LogP contribution in [0, 0.1) is 0 Å². The summed E-state index contributed by atoms with van der Waals surface area (Å²) in [5.74, 6) is 0.692. The first-order valence-corrected chi connectivity index (χ1v) is 7.16. The fourth-order valence-corrected chi connectivity index (χ4v) is 3.21. The molecule has 2 aromatic heterocycles. The van der Waals surface area contributed by atoms with Crippen molar-refractivity contribution in [3.05, 3.63) is 46.0 Å². The first kappa shape index (κ1) is 11.9. The molecule has 0 radical (unpaired) electrons. The van der Waals surface area contributed by atoms with Crippen LogP contribution in [-0.2, 0) is 0 Å². The van der Waals surface area contributed by atoms with Crippen molar-refractivity contribution in [2.75, 3.05) is 5.32 Å². The maximum Gasteiger partial charge on any atom is 0.189 e. The van der Waals surface area contributed by atoms with E-state index >= 15 is 0 Å². The number of hydrogen-bond acceptors (Lipinski definition) is 4. The minimum absolute atomic E-state index is 0.460. The zero-order valence-electron chi connectivity index (χ0n) is 9.02. The third-order valence-electron chi connectivity index (χ3n) is 2.32. The van der Waals surface area contributed by atoms with Gasteiger partial charge in [-0.25, -0.2) is 9.97 Å². The van der Waals surface area contributed by atoms with Crippen LogP contribution in [0.2, 0.25) is 5.15 Å². The van der Waals surface area contributed by atoms with Gasteiger partial charge in [0.1, 0.15) is 11.0 Å². The van der Waals surface area contributed by atoms with Gasteiger partial charge < -0.3 is 5.32 Å². The lowest BCUT2D eigenvalue weighted by Crippen LogP contribution is -1.92. The quantitative estimate of drug-likeness (QED) is 0.678. The van der Waals surface area contributed by atoms with E-state index in [0.717, 1.165) is 19.8 Å². The van der Waals surface area contributed by atoms with Crippen molar-refractivity contribution in [1.29, 1.82) is 0 Å². The molecule has 0 aliphatic heterocycles. The van der Waals surface area contributed by atoms with Gasteiger partial charge in [-0.2, -0.15) is 0 Å². The number of benzene rings is 1. The highest BCUT2D eigenvalue weighted by Crippen LogP contribution is 2.32. The number of para-hydroxylation sites is 1. The Labute approximate surface area is 121 Å². The molecule has 0 saturated heterocycles. The molecule has 1 N–H and O–H groups in total. The molecule has 2 heterocycles. The Balaban J connectivity index is 1.98. The second kappa shape index (κ2) is 4.84. The molecule has 0 aliphatic carbocycles. The van der Waals surface area contributed by atoms with Gasteiger partial charge in [0, 0.05) is 4.47 Å². The van der Waals surface area contributed by atoms with E-state index in [-0.39, 0.29) is 0 Å². The average molecular weight is 341 g/mol. The second-order valence-corrected chi connectivity index (χ2v) is 5.85. The van der Waals surface area contributed by atoms with Gasteiger partial charge in [0.2, 0.25) is 0 Å². The molecule has 0 saturated carbocycles. The van der Waals surface area contributed by atoms with Crippen LogP contribution in [0.3, 0.4) is 0 Å². The summed E-state index contributed by atoms with van der Waals surface area (Å²) in [6, 6.07) is 11.4. The lowest BCUT2D eigenvalue weighted by Gasteiger charge is -2.00. The van der Waals surface area contributed by atoms with E-state index in [0.29, 0.717) is 11.0 Å². The SMILES string of the molecule is Clc1cccc(Nc2nc3c(Br)cccc3s2)n1. The van der Waals surface area contributed by atoms with Crippen LogP contribution in [-0.4, -0.2) is 9.97 Å². The van der Waals surface area contributed by atoms with E-state index in [1.165, 1.54) is 0 Å². The molecule has 3 aromatic rings. The predicted octanol–water partition coefficient (Wildman–Crippen LogP) is 4.85. The van der Waals surface area contributed by atoms with Gasteiger partial charge in [-0.15, -0.1) is 0 Å². The molecule has 90 valence electrons. The molecular weight excluding hydrogens is 334 g/mol. The van der Waals surface area contributed by atoms with Crippen molar-refractivity contribution in [3.63, 3.8) is 0 Å². The molecule has 0 atom stereocenters. The molecule has 18 heavy (non-hydrogen) atoms. The van der Waals surface area contributed by atoms with Gasteiger partial charge in [-0.1, -0.05) is 35.1 Å². The minimum atomic E-state index is 0.460. The van der Waals surface area contributed by atoms with E-state index < -0.39 is 0 Å². The Morgan fingerprint density at radius 3 is 2.72 bits per heavy atom. The molecule has 6 heteroatoms. The highest BCUT2D eigenvalue weighted by molar-refractivity contribution is 9.10. The Kier molecular flexibility index (Phi) is 3.20. The minimum Gasteiger partial charge on any atom is -0.316 e. The van der Waals surface area contributed by atoms with Gasteiger partial charge in [0.05, 0.1) is 10.2 Å². The van der Waals surface area contributed by atoms with Crippen molar-refractivity contribution >= 4 is 60.0 Å². The Hall–Kier alpha value is -1.17. The third kappa shape index (κ3) is 2.34. The predicted molar refractivity (Wildman–Crippen MR) is 79.8 cm³/mol. The molecule has 0 amide bonds. The summed E-state index contributed by atoms with van der Waals surface area (Å²) in [4.78, 5) is 8.68. The Morgan fingerprint density at radius 2 is 1.94 bits per heavy atom. The number of hydrogen-bond donors (Lipinski definition) is 1. The lowest BCUT2D eigenvalue weighted by molar-refractivity contribution is 1.30. The second-order valence-electron chi connectivity index (χ2n) is 3.58. The average Bonchev–Trinajstić information content (AvgIpc) is 2.73. The van der Waals surface area contributed by atoms with Crippen LogP contribution in [0.5, 0.6) is 0 Å². The first-order chi connectivity index (χ1) is 8.72. The van der Waals surface area contributed by atoms with Crippen molar-refractivity contribution in [1.82, 2.24) is 9.97 Å². The van der Waals surface area contributed by atoms with E-state index in [4.69, 9.17) is 11.6 Å². The van der Waals surface area contributed by atoms with Gasteiger partial charge in [0.25, 0.3) is 0 Å². The zero-order valence-corrected chi connectivity index (χ0v) is 12.2. The van der Waals surface area contributed by atoms with Crippen LogP contribution < -0.4 is 5.32 Å². The standard InChI is InChI=1S/C12H7BrClN3S/c13-7-3-1-4-8-11(7)17-12(18-8)16-10-6-2-5-9(14)15-10/h1-6H,(H,15,16,17). The number of pyridine rings is 1.